The smallest absolute Gasteiger partial charge is 0.133 e. The van der Waals surface area contributed by atoms with Crippen molar-refractivity contribution in [2.75, 3.05) is 6.61 Å². The van der Waals surface area contributed by atoms with Crippen molar-refractivity contribution in [2.45, 2.75) is 26.7 Å². The van der Waals surface area contributed by atoms with Gasteiger partial charge in [-0.15, -0.1) is 0 Å². The van der Waals surface area contributed by atoms with Gasteiger partial charge in [0.05, 0.1) is 6.61 Å². The number of benzene rings is 1. The molecule has 0 bridgehead atoms. The molecule has 0 fully saturated rings. The zero-order chi connectivity index (χ0) is 10.4. The first-order valence-corrected chi connectivity index (χ1v) is 4.93. The molecule has 0 aromatic heterocycles. The van der Waals surface area contributed by atoms with Crippen molar-refractivity contribution >= 4 is 5.78 Å². The van der Waals surface area contributed by atoms with Gasteiger partial charge in [0.1, 0.15) is 11.5 Å². The quantitative estimate of drug-likeness (QED) is 0.716. The molecule has 0 saturated heterocycles. The van der Waals surface area contributed by atoms with Crippen LogP contribution in [0.2, 0.25) is 0 Å². The molecule has 0 radical (unpaired) electrons. The van der Waals surface area contributed by atoms with E-state index in [0.29, 0.717) is 13.0 Å². The number of carbonyl (C=O) groups is 1. The highest BCUT2D eigenvalue weighted by Crippen LogP contribution is 2.12. The van der Waals surface area contributed by atoms with Crippen molar-refractivity contribution in [1.82, 2.24) is 0 Å². The molecule has 1 rings (SSSR count). The molecule has 0 heterocycles. The van der Waals surface area contributed by atoms with Crippen molar-refractivity contribution in [2.24, 2.45) is 0 Å². The predicted octanol–water partition coefficient (Wildman–Crippen LogP) is 2.61. The van der Waals surface area contributed by atoms with E-state index in [4.69, 9.17) is 4.74 Å². The van der Waals surface area contributed by atoms with Crippen LogP contribution in [0, 0.1) is 0 Å². The number of Topliss-reactive ketones (excluding diaryl/α,β-unsaturated/α-hetero) is 1. The lowest BCUT2D eigenvalue weighted by atomic mass is 10.2. The van der Waals surface area contributed by atoms with E-state index < -0.39 is 0 Å². The lowest BCUT2D eigenvalue weighted by molar-refractivity contribution is -0.117. The monoisotopic (exact) mass is 192 g/mol. The zero-order valence-corrected chi connectivity index (χ0v) is 8.75. The molecule has 0 N–H and O–H groups in total. The van der Waals surface area contributed by atoms with E-state index in [1.54, 1.807) is 6.92 Å². The van der Waals surface area contributed by atoms with E-state index in [0.717, 1.165) is 12.2 Å². The summed E-state index contributed by atoms with van der Waals surface area (Å²) >= 11 is 0. The number of ketones is 1. The maximum absolute atomic E-state index is 10.7. The summed E-state index contributed by atoms with van der Waals surface area (Å²) in [6.45, 7) is 4.16. The van der Waals surface area contributed by atoms with Crippen LogP contribution in [-0.4, -0.2) is 12.4 Å². The van der Waals surface area contributed by atoms with Gasteiger partial charge in [0.15, 0.2) is 0 Å². The minimum atomic E-state index is 0.162. The Morgan fingerprint density at radius 2 is 1.93 bits per heavy atom. The average Bonchev–Trinajstić information content (AvgIpc) is 2.18. The normalized spacial score (nSPS) is 9.86. The summed E-state index contributed by atoms with van der Waals surface area (Å²) in [7, 11) is 0. The third-order valence-electron chi connectivity index (χ3n) is 2.05. The van der Waals surface area contributed by atoms with Gasteiger partial charge in [-0.3, -0.25) is 4.79 Å². The van der Waals surface area contributed by atoms with Gasteiger partial charge < -0.3 is 4.74 Å². The second kappa shape index (κ2) is 5.43. The van der Waals surface area contributed by atoms with Crippen molar-refractivity contribution in [3.8, 4) is 5.75 Å². The Hall–Kier alpha value is -1.31. The number of hydrogen-bond acceptors (Lipinski definition) is 2. The van der Waals surface area contributed by atoms with Crippen LogP contribution in [0.5, 0.6) is 5.75 Å². The number of rotatable bonds is 5. The molecule has 76 valence electrons. The largest absolute Gasteiger partial charge is 0.493 e. The zero-order valence-electron chi connectivity index (χ0n) is 8.75. The summed E-state index contributed by atoms with van der Waals surface area (Å²) in [5, 5.41) is 0. The fraction of sp³-hybridized carbons (Fsp3) is 0.417. The molecular formula is C12H16O2. The van der Waals surface area contributed by atoms with E-state index in [-0.39, 0.29) is 5.78 Å². The SMILES string of the molecule is CCc1ccc(OCCC(C)=O)cc1. The Labute approximate surface area is 84.9 Å². The van der Waals surface area contributed by atoms with Crippen LogP contribution < -0.4 is 4.74 Å². The fourth-order valence-corrected chi connectivity index (χ4v) is 1.13. The molecular weight excluding hydrogens is 176 g/mol. The van der Waals surface area contributed by atoms with Crippen molar-refractivity contribution in [3.63, 3.8) is 0 Å². The van der Waals surface area contributed by atoms with E-state index in [9.17, 15) is 4.79 Å². The molecule has 0 aliphatic carbocycles. The van der Waals surface area contributed by atoms with Gasteiger partial charge in [-0.05, 0) is 31.0 Å². The van der Waals surface area contributed by atoms with Crippen LogP contribution in [0.4, 0.5) is 0 Å². The molecule has 0 aliphatic heterocycles. The molecule has 14 heavy (non-hydrogen) atoms. The van der Waals surface area contributed by atoms with Crippen LogP contribution in [0.15, 0.2) is 24.3 Å². The lowest BCUT2D eigenvalue weighted by Gasteiger charge is -2.05. The Bertz CT molecular complexity index is 288. The molecule has 2 heteroatoms. The molecule has 0 spiro atoms. The Morgan fingerprint density at radius 1 is 1.29 bits per heavy atom. The van der Waals surface area contributed by atoms with Crippen LogP contribution in [0.3, 0.4) is 0 Å². The number of ether oxygens (including phenoxy) is 1. The van der Waals surface area contributed by atoms with Gasteiger partial charge in [-0.2, -0.15) is 0 Å². The molecule has 1 aromatic carbocycles. The summed E-state index contributed by atoms with van der Waals surface area (Å²) in [5.74, 6) is 0.999. The summed E-state index contributed by atoms with van der Waals surface area (Å²) < 4.78 is 5.40. The van der Waals surface area contributed by atoms with Gasteiger partial charge in [-0.1, -0.05) is 19.1 Å². The molecule has 0 unspecified atom stereocenters. The topological polar surface area (TPSA) is 26.3 Å². The lowest BCUT2D eigenvalue weighted by Crippen LogP contribution is -2.02. The highest BCUT2D eigenvalue weighted by atomic mass is 16.5. The molecule has 0 amide bonds. The summed E-state index contributed by atoms with van der Waals surface area (Å²) in [4.78, 5) is 10.7. The summed E-state index contributed by atoms with van der Waals surface area (Å²) in [6, 6.07) is 7.98. The van der Waals surface area contributed by atoms with Crippen molar-refractivity contribution in [1.29, 1.82) is 0 Å². The number of aryl methyl sites for hydroxylation is 1. The van der Waals surface area contributed by atoms with Gasteiger partial charge in [0.2, 0.25) is 0 Å². The van der Waals surface area contributed by atoms with E-state index in [1.807, 2.05) is 24.3 Å². The van der Waals surface area contributed by atoms with E-state index in [2.05, 4.69) is 6.92 Å². The van der Waals surface area contributed by atoms with E-state index >= 15 is 0 Å². The summed E-state index contributed by atoms with van der Waals surface area (Å²) in [5.41, 5.74) is 1.30. The first-order valence-electron chi connectivity index (χ1n) is 4.93. The van der Waals surface area contributed by atoms with Crippen LogP contribution in [-0.2, 0) is 11.2 Å². The highest BCUT2D eigenvalue weighted by molar-refractivity contribution is 5.75. The Kier molecular flexibility index (Phi) is 4.17. The molecule has 1 aromatic rings. The van der Waals surface area contributed by atoms with Crippen molar-refractivity contribution < 1.29 is 9.53 Å². The summed E-state index contributed by atoms with van der Waals surface area (Å²) in [6.07, 6.45) is 1.52. The van der Waals surface area contributed by atoms with Crippen molar-refractivity contribution in [3.05, 3.63) is 29.8 Å². The number of hydrogen-bond donors (Lipinski definition) is 0. The van der Waals surface area contributed by atoms with Gasteiger partial charge in [-0.25, -0.2) is 0 Å². The molecule has 2 nitrogen and oxygen atoms in total. The van der Waals surface area contributed by atoms with Gasteiger partial charge >= 0.3 is 0 Å². The van der Waals surface area contributed by atoms with Crippen LogP contribution >= 0.6 is 0 Å². The Morgan fingerprint density at radius 3 is 2.43 bits per heavy atom. The minimum absolute atomic E-state index is 0.162. The van der Waals surface area contributed by atoms with Gasteiger partial charge in [0.25, 0.3) is 0 Å². The Balaban J connectivity index is 2.40. The highest BCUT2D eigenvalue weighted by Gasteiger charge is 1.96. The average molecular weight is 192 g/mol. The van der Waals surface area contributed by atoms with Crippen LogP contribution in [0.25, 0.3) is 0 Å². The standard InChI is InChI=1S/C12H16O2/c1-3-11-4-6-12(7-5-11)14-9-8-10(2)13/h4-7H,3,8-9H2,1-2H3. The predicted molar refractivity (Wildman–Crippen MR) is 56.6 cm³/mol. The second-order valence-electron chi connectivity index (χ2n) is 3.30. The van der Waals surface area contributed by atoms with E-state index in [1.165, 1.54) is 5.56 Å². The van der Waals surface area contributed by atoms with Gasteiger partial charge in [0, 0.05) is 6.42 Å². The molecule has 0 atom stereocenters. The van der Waals surface area contributed by atoms with Crippen LogP contribution in [0.1, 0.15) is 25.8 Å². The third kappa shape index (κ3) is 3.60. The second-order valence-corrected chi connectivity index (χ2v) is 3.30. The molecule has 0 saturated carbocycles. The maximum Gasteiger partial charge on any atom is 0.133 e. The molecule has 0 aliphatic rings. The first kappa shape index (κ1) is 10.8. The fourth-order valence-electron chi connectivity index (χ4n) is 1.13. The third-order valence-corrected chi connectivity index (χ3v) is 2.05. The maximum atomic E-state index is 10.7. The minimum Gasteiger partial charge on any atom is -0.493 e. The number of carbonyl (C=O) groups excluding carboxylic acids is 1. The first-order chi connectivity index (χ1) is 6.72.